The topological polar surface area (TPSA) is 49.4 Å². The first-order valence-corrected chi connectivity index (χ1v) is 4.59. The summed E-state index contributed by atoms with van der Waals surface area (Å²) in [6, 6.07) is 4.54. The van der Waals surface area contributed by atoms with Crippen LogP contribution in [0, 0.1) is 0 Å². The summed E-state index contributed by atoms with van der Waals surface area (Å²) >= 11 is 11.4. The van der Waals surface area contributed by atoms with Crippen LogP contribution in [0.3, 0.4) is 0 Å². The fraction of sp³-hybridized carbons (Fsp3) is 0.222. The number of hydrogen-bond acceptors (Lipinski definition) is 3. The van der Waals surface area contributed by atoms with E-state index in [1.54, 1.807) is 6.07 Å². The van der Waals surface area contributed by atoms with Crippen LogP contribution in [0.25, 0.3) is 0 Å². The predicted molar refractivity (Wildman–Crippen MR) is 51.6 cm³/mol. The first-order chi connectivity index (χ1) is 6.50. The minimum Gasteiger partial charge on any atom is -0.546 e. The van der Waals surface area contributed by atoms with Crippen molar-refractivity contribution in [2.75, 3.05) is 0 Å². The number of carboxylic acids is 1. The Hall–Kier alpha value is -0.333. The molecule has 0 saturated carbocycles. The molecule has 0 heterocycles. The minimum atomic E-state index is -1.30. The van der Waals surface area contributed by atoms with Gasteiger partial charge >= 0.3 is 18.9 Å². The molecule has 0 radical (unpaired) electrons. The molecule has 1 unspecified atom stereocenters. The molecule has 15 heavy (non-hydrogen) atoms. The molecule has 0 amide bonds. The Morgan fingerprint density at radius 2 is 2.07 bits per heavy atom. The van der Waals surface area contributed by atoms with Crippen molar-refractivity contribution in [1.29, 1.82) is 0 Å². The molecule has 0 fully saturated rings. The number of aliphatic carboxylic acids is 1. The Labute approximate surface area is 109 Å². The third-order valence-electron chi connectivity index (χ3n) is 1.53. The predicted octanol–water partition coefficient (Wildman–Crippen LogP) is -1.49. The third-order valence-corrected chi connectivity index (χ3v) is 2.06. The summed E-state index contributed by atoms with van der Waals surface area (Å²) in [4.78, 5) is 10.4. The van der Waals surface area contributed by atoms with Crippen molar-refractivity contribution in [3.8, 4) is 5.75 Å². The molecule has 1 atom stereocenters. The Bertz CT molecular complexity index is 357. The molecule has 0 aliphatic heterocycles. The molecule has 0 aliphatic carbocycles. The summed E-state index contributed by atoms with van der Waals surface area (Å²) in [7, 11) is 0. The van der Waals surface area contributed by atoms with Crippen LogP contribution in [-0.4, -0.2) is 12.1 Å². The van der Waals surface area contributed by atoms with E-state index in [2.05, 4.69) is 0 Å². The van der Waals surface area contributed by atoms with Crippen LogP contribution in [0.1, 0.15) is 6.92 Å². The molecule has 6 heteroatoms. The van der Waals surface area contributed by atoms with Crippen molar-refractivity contribution < 1.29 is 33.5 Å². The molecular weight excluding hydrogens is 234 g/mol. The Morgan fingerprint density at radius 3 is 2.53 bits per heavy atom. The van der Waals surface area contributed by atoms with Crippen LogP contribution >= 0.6 is 23.2 Å². The van der Waals surface area contributed by atoms with Crippen LogP contribution in [0.4, 0.5) is 0 Å². The van der Waals surface area contributed by atoms with Gasteiger partial charge in [-0.2, -0.15) is 0 Å². The number of hydrogen-bond donors (Lipinski definition) is 0. The van der Waals surface area contributed by atoms with Crippen molar-refractivity contribution in [1.82, 2.24) is 0 Å². The molecule has 3 nitrogen and oxygen atoms in total. The van der Waals surface area contributed by atoms with Crippen LogP contribution in [0.5, 0.6) is 5.75 Å². The van der Waals surface area contributed by atoms with Crippen LogP contribution in [0.2, 0.25) is 10.0 Å². The monoisotopic (exact) mass is 240 g/mol. The molecule has 1 aromatic rings. The van der Waals surface area contributed by atoms with Gasteiger partial charge in [0.15, 0.2) is 0 Å². The Morgan fingerprint density at radius 1 is 1.47 bits per heavy atom. The SMILES string of the molecule is CC(Oc1ccc(Cl)cc1Cl)C(=O)[O-].[Li+]. The van der Waals surface area contributed by atoms with Gasteiger partial charge in [0.2, 0.25) is 0 Å². The second-order valence-corrected chi connectivity index (χ2v) is 3.50. The summed E-state index contributed by atoms with van der Waals surface area (Å²) in [6.07, 6.45) is -1.05. The zero-order chi connectivity index (χ0) is 10.7. The van der Waals surface area contributed by atoms with Gasteiger partial charge in [0.1, 0.15) is 11.9 Å². The van der Waals surface area contributed by atoms with Crippen molar-refractivity contribution >= 4 is 29.2 Å². The van der Waals surface area contributed by atoms with Crippen LogP contribution < -0.4 is 28.7 Å². The van der Waals surface area contributed by atoms with E-state index in [-0.39, 0.29) is 29.6 Å². The molecule has 0 spiro atoms. The van der Waals surface area contributed by atoms with Gasteiger partial charge in [-0.3, -0.25) is 0 Å². The number of carboxylic acid groups (broad SMARTS) is 1. The maximum atomic E-state index is 10.4. The third kappa shape index (κ3) is 4.36. The smallest absolute Gasteiger partial charge is 0.546 e. The maximum Gasteiger partial charge on any atom is 1.00 e. The van der Waals surface area contributed by atoms with Gasteiger partial charge in [0.05, 0.1) is 11.0 Å². The van der Waals surface area contributed by atoms with Gasteiger partial charge in [-0.25, -0.2) is 0 Å². The minimum absolute atomic E-state index is 0. The number of rotatable bonds is 3. The zero-order valence-corrected chi connectivity index (χ0v) is 9.80. The largest absolute Gasteiger partial charge is 1.00 e. The average molecular weight is 241 g/mol. The Balaban J connectivity index is 0.00000196. The van der Waals surface area contributed by atoms with Gasteiger partial charge in [-0.05, 0) is 25.1 Å². The van der Waals surface area contributed by atoms with E-state index in [0.29, 0.717) is 5.02 Å². The fourth-order valence-electron chi connectivity index (χ4n) is 0.809. The molecule has 76 valence electrons. The summed E-state index contributed by atoms with van der Waals surface area (Å²) < 4.78 is 5.01. The van der Waals surface area contributed by atoms with Crippen LogP contribution in [-0.2, 0) is 4.79 Å². The van der Waals surface area contributed by atoms with Gasteiger partial charge < -0.3 is 14.6 Å². The standard InChI is InChI=1S/C9H8Cl2O3.Li/c1-5(9(12)13)14-8-3-2-6(10)4-7(8)11;/h2-5H,1H3,(H,12,13);/q;+1/p-1. The molecule has 1 rings (SSSR count). The van der Waals surface area contributed by atoms with Crippen molar-refractivity contribution in [3.63, 3.8) is 0 Å². The molecule has 1 aromatic carbocycles. The van der Waals surface area contributed by atoms with Crippen LogP contribution in [0.15, 0.2) is 18.2 Å². The van der Waals surface area contributed by atoms with Gasteiger partial charge in [0, 0.05) is 5.02 Å². The summed E-state index contributed by atoms with van der Waals surface area (Å²) in [5, 5.41) is 11.1. The second kappa shape index (κ2) is 6.29. The quantitative estimate of drug-likeness (QED) is 0.606. The van der Waals surface area contributed by atoms with Crippen molar-refractivity contribution in [2.24, 2.45) is 0 Å². The number of carbonyl (C=O) groups excluding carboxylic acids is 1. The van der Waals surface area contributed by atoms with Gasteiger partial charge in [0.25, 0.3) is 0 Å². The zero-order valence-electron chi connectivity index (χ0n) is 8.29. The summed E-state index contributed by atoms with van der Waals surface area (Å²) in [6.45, 7) is 1.36. The second-order valence-electron chi connectivity index (χ2n) is 2.65. The number of ether oxygens (including phenoxy) is 1. The summed E-state index contributed by atoms with van der Waals surface area (Å²) in [5.41, 5.74) is 0. The first kappa shape index (κ1) is 14.7. The Kier molecular flexibility index (Phi) is 6.15. The van der Waals surface area contributed by atoms with E-state index in [1.165, 1.54) is 19.1 Å². The van der Waals surface area contributed by atoms with E-state index in [9.17, 15) is 9.90 Å². The number of halogens is 2. The van der Waals surface area contributed by atoms with Crippen molar-refractivity contribution in [3.05, 3.63) is 28.2 Å². The molecule has 0 aliphatic rings. The van der Waals surface area contributed by atoms with Crippen molar-refractivity contribution in [2.45, 2.75) is 13.0 Å². The summed E-state index contributed by atoms with van der Waals surface area (Å²) in [5.74, 6) is -1.02. The average Bonchev–Trinajstić information content (AvgIpc) is 2.09. The molecule has 0 bridgehead atoms. The number of carbonyl (C=O) groups is 1. The molecule has 0 saturated heterocycles. The molecule has 0 N–H and O–H groups in total. The van der Waals surface area contributed by atoms with E-state index < -0.39 is 12.1 Å². The van der Waals surface area contributed by atoms with Gasteiger partial charge in [-0.15, -0.1) is 0 Å². The maximum absolute atomic E-state index is 10.4. The van der Waals surface area contributed by atoms with E-state index in [0.717, 1.165) is 0 Å². The fourth-order valence-corrected chi connectivity index (χ4v) is 1.26. The number of benzene rings is 1. The van der Waals surface area contributed by atoms with E-state index in [4.69, 9.17) is 27.9 Å². The van der Waals surface area contributed by atoms with Gasteiger partial charge in [-0.1, -0.05) is 23.2 Å². The normalized spacial score (nSPS) is 11.4. The van der Waals surface area contributed by atoms with E-state index in [1.807, 2.05) is 0 Å². The molecule has 0 aromatic heterocycles. The first-order valence-electron chi connectivity index (χ1n) is 3.83. The molecular formula is C9H7Cl2LiO3. The van der Waals surface area contributed by atoms with E-state index >= 15 is 0 Å².